The lowest BCUT2D eigenvalue weighted by Crippen LogP contribution is -2.46. The van der Waals surface area contributed by atoms with Gasteiger partial charge in [-0.25, -0.2) is 0 Å². The standard InChI is InChI=1S/C19H29NO3Si/c1-4-21-24(22-5-2,23-6-3)16-10-15-20-19-14-9-12-17-11-7-8-13-18(17)19/h7-9,11,13-14H,4-6,10,12,15-16H2,1-3H3. The van der Waals surface area contributed by atoms with Gasteiger partial charge in [0.05, 0.1) is 5.71 Å². The molecule has 2 rings (SSSR count). The van der Waals surface area contributed by atoms with E-state index < -0.39 is 8.80 Å². The molecule has 1 aliphatic rings. The molecule has 132 valence electrons. The molecule has 0 aromatic heterocycles. The van der Waals surface area contributed by atoms with E-state index in [4.69, 9.17) is 18.3 Å². The SMILES string of the molecule is CCO[Si](CCCN=C1C=CCc2ccccc21)(OCC)OCC. The highest BCUT2D eigenvalue weighted by atomic mass is 28.4. The molecule has 1 aliphatic carbocycles. The van der Waals surface area contributed by atoms with Gasteiger partial charge < -0.3 is 13.3 Å². The van der Waals surface area contributed by atoms with Gasteiger partial charge in [-0.1, -0.05) is 30.3 Å². The maximum Gasteiger partial charge on any atom is 0.500 e. The van der Waals surface area contributed by atoms with Crippen LogP contribution < -0.4 is 0 Å². The average Bonchev–Trinajstić information content (AvgIpc) is 2.59. The summed E-state index contributed by atoms with van der Waals surface area (Å²) in [5.74, 6) is 0. The summed E-state index contributed by atoms with van der Waals surface area (Å²) in [4.78, 5) is 4.79. The Kier molecular flexibility index (Phi) is 7.85. The second-order valence-corrected chi connectivity index (χ2v) is 8.35. The van der Waals surface area contributed by atoms with Crippen LogP contribution in [0.5, 0.6) is 0 Å². The smallest absolute Gasteiger partial charge is 0.374 e. The van der Waals surface area contributed by atoms with Crippen molar-refractivity contribution in [2.24, 2.45) is 4.99 Å². The van der Waals surface area contributed by atoms with E-state index in [2.05, 4.69) is 36.4 Å². The Morgan fingerprint density at radius 1 is 1.00 bits per heavy atom. The summed E-state index contributed by atoms with van der Waals surface area (Å²) in [5.41, 5.74) is 3.68. The molecule has 0 bridgehead atoms. The predicted molar refractivity (Wildman–Crippen MR) is 101 cm³/mol. The first-order valence-corrected chi connectivity index (χ1v) is 10.9. The summed E-state index contributed by atoms with van der Waals surface area (Å²) in [6.07, 6.45) is 6.21. The van der Waals surface area contributed by atoms with Crippen LogP contribution in [0.2, 0.25) is 6.04 Å². The number of nitrogens with zero attached hydrogens (tertiary/aromatic N) is 1. The van der Waals surface area contributed by atoms with Gasteiger partial charge >= 0.3 is 8.80 Å². The monoisotopic (exact) mass is 347 g/mol. The van der Waals surface area contributed by atoms with Gasteiger partial charge in [0.25, 0.3) is 0 Å². The van der Waals surface area contributed by atoms with Crippen molar-refractivity contribution in [1.82, 2.24) is 0 Å². The van der Waals surface area contributed by atoms with Crippen molar-refractivity contribution in [2.75, 3.05) is 26.4 Å². The van der Waals surface area contributed by atoms with Crippen LogP contribution in [0, 0.1) is 0 Å². The third kappa shape index (κ3) is 5.11. The van der Waals surface area contributed by atoms with Gasteiger partial charge in [0, 0.05) is 38.0 Å². The number of hydrogen-bond acceptors (Lipinski definition) is 4. The van der Waals surface area contributed by atoms with Gasteiger partial charge in [0.2, 0.25) is 0 Å². The van der Waals surface area contributed by atoms with Crippen LogP contribution in [0.1, 0.15) is 38.3 Å². The quantitative estimate of drug-likeness (QED) is 0.474. The Morgan fingerprint density at radius 2 is 1.67 bits per heavy atom. The summed E-state index contributed by atoms with van der Waals surface area (Å²) < 4.78 is 17.7. The minimum absolute atomic E-state index is 0.622. The molecule has 0 amide bonds. The minimum Gasteiger partial charge on any atom is -0.374 e. The fourth-order valence-corrected chi connectivity index (χ4v) is 5.56. The van der Waals surface area contributed by atoms with Crippen LogP contribution in [0.25, 0.3) is 0 Å². The van der Waals surface area contributed by atoms with E-state index in [1.54, 1.807) is 0 Å². The Balaban J connectivity index is 1.97. The zero-order chi connectivity index (χ0) is 17.3. The Hall–Kier alpha value is -1.27. The number of benzene rings is 1. The molecule has 4 nitrogen and oxygen atoms in total. The molecule has 0 heterocycles. The van der Waals surface area contributed by atoms with Crippen molar-refractivity contribution in [3.8, 4) is 0 Å². The number of aliphatic imine (C=N–C) groups is 1. The number of rotatable bonds is 10. The van der Waals surface area contributed by atoms with Gasteiger partial charge in [-0.3, -0.25) is 4.99 Å². The summed E-state index contributed by atoms with van der Waals surface area (Å²) >= 11 is 0. The topological polar surface area (TPSA) is 40.0 Å². The number of hydrogen-bond donors (Lipinski definition) is 0. The predicted octanol–water partition coefficient (Wildman–Crippen LogP) is 4.03. The van der Waals surface area contributed by atoms with E-state index in [1.165, 1.54) is 11.1 Å². The third-order valence-electron chi connectivity index (χ3n) is 3.92. The molecular formula is C19H29NO3Si. The van der Waals surface area contributed by atoms with E-state index >= 15 is 0 Å². The zero-order valence-electron chi connectivity index (χ0n) is 15.1. The Bertz CT molecular complexity index is 554. The summed E-state index contributed by atoms with van der Waals surface area (Å²) in [6, 6.07) is 9.29. The van der Waals surface area contributed by atoms with E-state index in [9.17, 15) is 0 Å². The van der Waals surface area contributed by atoms with Crippen molar-refractivity contribution < 1.29 is 13.3 Å². The highest BCUT2D eigenvalue weighted by Crippen LogP contribution is 2.20. The third-order valence-corrected chi connectivity index (χ3v) is 7.07. The maximum absolute atomic E-state index is 5.89. The van der Waals surface area contributed by atoms with Crippen LogP contribution in [-0.2, 0) is 19.7 Å². The summed E-state index contributed by atoms with van der Waals surface area (Å²) in [7, 11) is -2.54. The zero-order valence-corrected chi connectivity index (χ0v) is 16.1. The van der Waals surface area contributed by atoms with Gasteiger partial charge in [-0.05, 0) is 45.3 Å². The highest BCUT2D eigenvalue weighted by molar-refractivity contribution is 6.60. The molecular weight excluding hydrogens is 318 g/mol. The van der Waals surface area contributed by atoms with E-state index in [-0.39, 0.29) is 0 Å². The lowest BCUT2D eigenvalue weighted by Gasteiger charge is -2.28. The molecule has 0 saturated carbocycles. The van der Waals surface area contributed by atoms with Crippen LogP contribution in [0.4, 0.5) is 0 Å². The summed E-state index contributed by atoms with van der Waals surface area (Å²) in [5, 5.41) is 0. The molecule has 1 aromatic rings. The fraction of sp³-hybridized carbons (Fsp3) is 0.526. The van der Waals surface area contributed by atoms with Gasteiger partial charge in [0.1, 0.15) is 0 Å². The van der Waals surface area contributed by atoms with Crippen molar-refractivity contribution in [3.63, 3.8) is 0 Å². The van der Waals surface area contributed by atoms with E-state index in [1.807, 2.05) is 20.8 Å². The van der Waals surface area contributed by atoms with E-state index in [0.29, 0.717) is 19.8 Å². The second kappa shape index (κ2) is 9.89. The van der Waals surface area contributed by atoms with Gasteiger partial charge in [-0.2, -0.15) is 0 Å². The number of allylic oxidation sites excluding steroid dienone is 2. The average molecular weight is 348 g/mol. The molecule has 1 aromatic carbocycles. The van der Waals surface area contributed by atoms with Crippen molar-refractivity contribution in [3.05, 3.63) is 47.5 Å². The normalized spacial score (nSPS) is 15.7. The Morgan fingerprint density at radius 3 is 2.33 bits per heavy atom. The molecule has 0 aliphatic heterocycles. The van der Waals surface area contributed by atoms with Crippen LogP contribution in [-0.4, -0.2) is 40.9 Å². The maximum atomic E-state index is 5.89. The minimum atomic E-state index is -2.54. The molecule has 0 N–H and O–H groups in total. The van der Waals surface area contributed by atoms with E-state index in [0.717, 1.165) is 31.1 Å². The van der Waals surface area contributed by atoms with Crippen molar-refractivity contribution in [1.29, 1.82) is 0 Å². The first-order chi connectivity index (χ1) is 11.7. The molecule has 0 spiro atoms. The van der Waals surface area contributed by atoms with Gasteiger partial charge in [-0.15, -0.1) is 0 Å². The van der Waals surface area contributed by atoms with Crippen molar-refractivity contribution in [2.45, 2.75) is 39.7 Å². The lowest BCUT2D eigenvalue weighted by molar-refractivity contribution is 0.0710. The highest BCUT2D eigenvalue weighted by Gasteiger charge is 2.39. The largest absolute Gasteiger partial charge is 0.500 e. The van der Waals surface area contributed by atoms with Gasteiger partial charge in [0.15, 0.2) is 0 Å². The Labute approximate surface area is 146 Å². The first-order valence-electron chi connectivity index (χ1n) is 8.95. The van der Waals surface area contributed by atoms with Crippen LogP contribution >= 0.6 is 0 Å². The molecule has 0 saturated heterocycles. The lowest BCUT2D eigenvalue weighted by atomic mass is 9.95. The van der Waals surface area contributed by atoms with Crippen molar-refractivity contribution >= 4 is 14.5 Å². The molecule has 24 heavy (non-hydrogen) atoms. The number of fused-ring (bicyclic) bond motifs is 1. The first kappa shape index (κ1) is 19.1. The van der Waals surface area contributed by atoms with Crippen LogP contribution in [0.15, 0.2) is 41.4 Å². The molecule has 5 heteroatoms. The molecule has 0 atom stereocenters. The summed E-state index contributed by atoms with van der Waals surface area (Å²) in [6.45, 7) is 8.60. The molecule has 0 fully saturated rings. The molecule has 0 radical (unpaired) electrons. The molecule has 0 unspecified atom stereocenters. The fourth-order valence-electron chi connectivity index (χ4n) is 2.97. The second-order valence-electron chi connectivity index (χ2n) is 5.62. The van der Waals surface area contributed by atoms with Crippen LogP contribution in [0.3, 0.4) is 0 Å².